The predicted molar refractivity (Wildman–Crippen MR) is 57.2 cm³/mol. The average Bonchev–Trinajstić information content (AvgIpc) is 2.27. The van der Waals surface area contributed by atoms with Crippen molar-refractivity contribution in [2.45, 2.75) is 31.7 Å². The highest BCUT2D eigenvalue weighted by atomic mass is 19.2. The minimum absolute atomic E-state index is 0.183. The van der Waals surface area contributed by atoms with Crippen molar-refractivity contribution in [3.63, 3.8) is 0 Å². The zero-order valence-electron chi connectivity index (χ0n) is 8.80. The minimum Gasteiger partial charge on any atom is -0.382 e. The summed E-state index contributed by atoms with van der Waals surface area (Å²) >= 11 is 0. The first-order valence-corrected chi connectivity index (χ1v) is 5.38. The number of benzene rings is 1. The molecule has 1 aromatic rings. The minimum atomic E-state index is -0.850. The van der Waals surface area contributed by atoms with Crippen LogP contribution in [0.15, 0.2) is 18.2 Å². The summed E-state index contributed by atoms with van der Waals surface area (Å²) in [7, 11) is 0. The monoisotopic (exact) mass is 225 g/mol. The Bertz CT molecular complexity index is 396. The molecule has 0 aromatic heterocycles. The van der Waals surface area contributed by atoms with E-state index in [1.165, 1.54) is 6.07 Å². The summed E-state index contributed by atoms with van der Waals surface area (Å²) in [6, 6.07) is 3.94. The number of hydrogen-bond acceptors (Lipinski definition) is 2. The Morgan fingerprint density at radius 1 is 1.12 bits per heavy atom. The summed E-state index contributed by atoms with van der Waals surface area (Å²) in [5.74, 6) is -1.41. The van der Waals surface area contributed by atoms with E-state index < -0.39 is 11.6 Å². The summed E-state index contributed by atoms with van der Waals surface area (Å²) in [5, 5.41) is 3.11. The van der Waals surface area contributed by atoms with Crippen molar-refractivity contribution >= 4 is 11.5 Å². The Morgan fingerprint density at radius 2 is 1.81 bits per heavy atom. The van der Waals surface area contributed by atoms with E-state index in [1.807, 2.05) is 0 Å². The Balaban J connectivity index is 1.98. The van der Waals surface area contributed by atoms with Crippen molar-refractivity contribution in [2.24, 2.45) is 0 Å². The molecule has 2 rings (SSSR count). The summed E-state index contributed by atoms with van der Waals surface area (Å²) in [5.41, 5.74) is 0.568. The van der Waals surface area contributed by atoms with Gasteiger partial charge in [-0.1, -0.05) is 0 Å². The SMILES string of the molecule is O=C1CCC(Nc2ccc(F)c(F)c2)CC1. The molecule has 0 heterocycles. The molecule has 0 spiro atoms. The third kappa shape index (κ3) is 2.56. The maximum absolute atomic E-state index is 12.9. The van der Waals surface area contributed by atoms with Crippen molar-refractivity contribution in [3.8, 4) is 0 Å². The number of carbonyl (C=O) groups excluding carboxylic acids is 1. The molecule has 1 fully saturated rings. The zero-order chi connectivity index (χ0) is 11.5. The van der Waals surface area contributed by atoms with Gasteiger partial charge in [0.15, 0.2) is 11.6 Å². The van der Waals surface area contributed by atoms with Gasteiger partial charge in [-0.2, -0.15) is 0 Å². The molecular weight excluding hydrogens is 212 g/mol. The van der Waals surface area contributed by atoms with Gasteiger partial charge in [0, 0.05) is 30.6 Å². The molecule has 2 nitrogen and oxygen atoms in total. The van der Waals surface area contributed by atoms with E-state index >= 15 is 0 Å². The van der Waals surface area contributed by atoms with Crippen molar-refractivity contribution < 1.29 is 13.6 Å². The lowest BCUT2D eigenvalue weighted by Gasteiger charge is -2.23. The average molecular weight is 225 g/mol. The largest absolute Gasteiger partial charge is 0.382 e. The smallest absolute Gasteiger partial charge is 0.160 e. The Hall–Kier alpha value is -1.45. The number of Topliss-reactive ketones (excluding diaryl/α,β-unsaturated/α-hetero) is 1. The van der Waals surface area contributed by atoms with Crippen LogP contribution in [0.25, 0.3) is 0 Å². The molecule has 0 amide bonds. The maximum Gasteiger partial charge on any atom is 0.160 e. The topological polar surface area (TPSA) is 29.1 Å². The van der Waals surface area contributed by atoms with Gasteiger partial charge in [-0.05, 0) is 25.0 Å². The number of ketones is 1. The molecule has 1 N–H and O–H groups in total. The van der Waals surface area contributed by atoms with Crippen LogP contribution in [-0.4, -0.2) is 11.8 Å². The number of carbonyl (C=O) groups is 1. The molecule has 1 aliphatic rings. The lowest BCUT2D eigenvalue weighted by Crippen LogP contribution is -2.26. The van der Waals surface area contributed by atoms with E-state index in [4.69, 9.17) is 0 Å². The third-order valence-corrected chi connectivity index (χ3v) is 2.83. The van der Waals surface area contributed by atoms with E-state index in [9.17, 15) is 13.6 Å². The lowest BCUT2D eigenvalue weighted by atomic mass is 9.94. The zero-order valence-corrected chi connectivity index (χ0v) is 8.80. The Labute approximate surface area is 92.7 Å². The molecule has 0 radical (unpaired) electrons. The summed E-state index contributed by atoms with van der Waals surface area (Å²) in [6.07, 6.45) is 2.67. The van der Waals surface area contributed by atoms with Gasteiger partial charge >= 0.3 is 0 Å². The van der Waals surface area contributed by atoms with Crippen LogP contribution in [0, 0.1) is 11.6 Å². The fourth-order valence-electron chi connectivity index (χ4n) is 1.91. The highest BCUT2D eigenvalue weighted by Crippen LogP contribution is 2.21. The van der Waals surface area contributed by atoms with Gasteiger partial charge in [0.25, 0.3) is 0 Å². The second kappa shape index (κ2) is 4.60. The number of halogens is 2. The second-order valence-corrected chi connectivity index (χ2v) is 4.09. The van der Waals surface area contributed by atoms with Crippen molar-refractivity contribution in [1.29, 1.82) is 0 Å². The number of anilines is 1. The number of hydrogen-bond donors (Lipinski definition) is 1. The lowest BCUT2D eigenvalue weighted by molar-refractivity contribution is -0.120. The van der Waals surface area contributed by atoms with E-state index in [0.29, 0.717) is 18.5 Å². The molecule has 0 unspecified atom stereocenters. The van der Waals surface area contributed by atoms with Gasteiger partial charge < -0.3 is 5.32 Å². The van der Waals surface area contributed by atoms with Gasteiger partial charge in [-0.25, -0.2) is 8.78 Å². The van der Waals surface area contributed by atoms with Gasteiger partial charge in [-0.15, -0.1) is 0 Å². The van der Waals surface area contributed by atoms with Crippen molar-refractivity contribution in [1.82, 2.24) is 0 Å². The molecule has 16 heavy (non-hydrogen) atoms. The van der Waals surface area contributed by atoms with Crippen LogP contribution >= 0.6 is 0 Å². The normalized spacial score (nSPS) is 17.5. The highest BCUT2D eigenvalue weighted by Gasteiger charge is 2.18. The number of nitrogens with one attached hydrogen (secondary N) is 1. The molecule has 86 valence electrons. The van der Waals surface area contributed by atoms with E-state index in [0.717, 1.165) is 25.0 Å². The van der Waals surface area contributed by atoms with Crippen LogP contribution in [0.1, 0.15) is 25.7 Å². The Morgan fingerprint density at radius 3 is 2.44 bits per heavy atom. The molecule has 0 atom stereocenters. The standard InChI is InChI=1S/C12H13F2NO/c13-11-6-3-9(7-12(11)14)15-8-1-4-10(16)5-2-8/h3,6-8,15H,1-2,4-5H2. The third-order valence-electron chi connectivity index (χ3n) is 2.83. The van der Waals surface area contributed by atoms with Gasteiger partial charge in [0.05, 0.1) is 0 Å². The molecule has 0 aliphatic heterocycles. The number of rotatable bonds is 2. The molecule has 1 aromatic carbocycles. The summed E-state index contributed by atoms with van der Waals surface area (Å²) in [6.45, 7) is 0. The van der Waals surface area contributed by atoms with Crippen LogP contribution in [0.4, 0.5) is 14.5 Å². The highest BCUT2D eigenvalue weighted by molar-refractivity contribution is 5.79. The van der Waals surface area contributed by atoms with Crippen LogP contribution in [-0.2, 0) is 4.79 Å². The Kier molecular flexibility index (Phi) is 3.17. The fourth-order valence-corrected chi connectivity index (χ4v) is 1.91. The summed E-state index contributed by atoms with van der Waals surface area (Å²) < 4.78 is 25.6. The van der Waals surface area contributed by atoms with Gasteiger partial charge in [-0.3, -0.25) is 4.79 Å². The van der Waals surface area contributed by atoms with Crippen LogP contribution < -0.4 is 5.32 Å². The fraction of sp³-hybridized carbons (Fsp3) is 0.417. The quantitative estimate of drug-likeness (QED) is 0.838. The predicted octanol–water partition coefficient (Wildman–Crippen LogP) is 2.89. The van der Waals surface area contributed by atoms with Crippen molar-refractivity contribution in [3.05, 3.63) is 29.8 Å². The molecule has 0 saturated heterocycles. The first-order chi connectivity index (χ1) is 7.65. The van der Waals surface area contributed by atoms with E-state index in [-0.39, 0.29) is 11.8 Å². The van der Waals surface area contributed by atoms with Crippen LogP contribution in [0.3, 0.4) is 0 Å². The molecule has 1 saturated carbocycles. The van der Waals surface area contributed by atoms with Gasteiger partial charge in [0.2, 0.25) is 0 Å². The molecule has 4 heteroatoms. The van der Waals surface area contributed by atoms with Crippen molar-refractivity contribution in [2.75, 3.05) is 5.32 Å². The molecule has 0 bridgehead atoms. The molecule has 1 aliphatic carbocycles. The van der Waals surface area contributed by atoms with E-state index in [1.54, 1.807) is 0 Å². The first kappa shape index (κ1) is 11.0. The maximum atomic E-state index is 12.9. The van der Waals surface area contributed by atoms with Crippen LogP contribution in [0.5, 0.6) is 0 Å². The first-order valence-electron chi connectivity index (χ1n) is 5.38. The summed E-state index contributed by atoms with van der Waals surface area (Å²) in [4.78, 5) is 11.0. The molecular formula is C12H13F2NO. The second-order valence-electron chi connectivity index (χ2n) is 4.09. The van der Waals surface area contributed by atoms with E-state index in [2.05, 4.69) is 5.32 Å². The van der Waals surface area contributed by atoms with Gasteiger partial charge in [0.1, 0.15) is 5.78 Å². The van der Waals surface area contributed by atoms with Crippen LogP contribution in [0.2, 0.25) is 0 Å².